The highest BCUT2D eigenvalue weighted by Gasteiger charge is 2.22. The Kier molecular flexibility index (Phi) is 3.96. The van der Waals surface area contributed by atoms with Crippen molar-refractivity contribution >= 4 is 23.2 Å². The highest BCUT2D eigenvalue weighted by atomic mass is 16.2. The van der Waals surface area contributed by atoms with Crippen LogP contribution in [0, 0.1) is 0 Å². The van der Waals surface area contributed by atoms with Crippen LogP contribution in [0.2, 0.25) is 0 Å². The minimum atomic E-state index is -0.226. The van der Waals surface area contributed by atoms with E-state index in [0.717, 1.165) is 17.7 Å². The first kappa shape index (κ1) is 16.0. The molecule has 2 aromatic heterocycles. The third-order valence-corrected chi connectivity index (χ3v) is 4.39. The molecular weight excluding hydrogens is 330 g/mol. The van der Waals surface area contributed by atoms with Crippen molar-refractivity contribution in [3.8, 4) is 5.82 Å². The molecule has 3 heterocycles. The van der Waals surface area contributed by atoms with E-state index in [0.29, 0.717) is 23.6 Å². The Morgan fingerprint density at radius 3 is 2.77 bits per heavy atom. The fraction of sp³-hybridized carbons (Fsp3) is 0.158. The standard InChI is InChI=1S/C19H17N5O2/c1-13(25)24-8-6-14-10-16(3-4-17(14)24)22-19(26)15-2-5-18(21-11-15)23-9-7-20-12-23/h2-5,7,9-12H,6,8H2,1H3,(H,22,26). The Morgan fingerprint density at radius 1 is 1.19 bits per heavy atom. The predicted molar refractivity (Wildman–Crippen MR) is 97.5 cm³/mol. The molecule has 4 rings (SSSR count). The van der Waals surface area contributed by atoms with Crippen molar-refractivity contribution in [2.24, 2.45) is 0 Å². The van der Waals surface area contributed by atoms with E-state index in [4.69, 9.17) is 0 Å². The summed E-state index contributed by atoms with van der Waals surface area (Å²) < 4.78 is 1.77. The average molecular weight is 347 g/mol. The number of amides is 2. The molecule has 0 atom stereocenters. The Hall–Kier alpha value is -3.48. The molecule has 1 aliphatic heterocycles. The number of benzene rings is 1. The molecule has 26 heavy (non-hydrogen) atoms. The molecule has 0 saturated heterocycles. The SMILES string of the molecule is CC(=O)N1CCc2cc(NC(=O)c3ccc(-n4ccnc4)nc3)ccc21. The van der Waals surface area contributed by atoms with E-state index in [1.54, 1.807) is 47.2 Å². The van der Waals surface area contributed by atoms with Crippen LogP contribution in [-0.2, 0) is 11.2 Å². The van der Waals surface area contributed by atoms with Gasteiger partial charge in [-0.05, 0) is 42.3 Å². The molecule has 0 fully saturated rings. The number of hydrogen-bond acceptors (Lipinski definition) is 4. The third kappa shape index (κ3) is 2.95. The van der Waals surface area contributed by atoms with Gasteiger partial charge in [0.15, 0.2) is 0 Å². The van der Waals surface area contributed by atoms with Gasteiger partial charge in [0.25, 0.3) is 5.91 Å². The molecule has 0 saturated carbocycles. The van der Waals surface area contributed by atoms with Crippen LogP contribution in [0.15, 0.2) is 55.2 Å². The lowest BCUT2D eigenvalue weighted by Gasteiger charge is -2.15. The van der Waals surface area contributed by atoms with Crippen molar-refractivity contribution < 1.29 is 9.59 Å². The molecule has 1 N–H and O–H groups in total. The Bertz CT molecular complexity index is 964. The second-order valence-electron chi connectivity index (χ2n) is 6.09. The zero-order valence-electron chi connectivity index (χ0n) is 14.2. The van der Waals surface area contributed by atoms with Crippen molar-refractivity contribution in [3.05, 3.63) is 66.4 Å². The van der Waals surface area contributed by atoms with E-state index >= 15 is 0 Å². The zero-order chi connectivity index (χ0) is 18.1. The number of anilines is 2. The highest BCUT2D eigenvalue weighted by Crippen LogP contribution is 2.30. The number of carbonyl (C=O) groups excluding carboxylic acids is 2. The molecule has 1 aliphatic rings. The molecule has 7 nitrogen and oxygen atoms in total. The first-order valence-electron chi connectivity index (χ1n) is 8.28. The van der Waals surface area contributed by atoms with Gasteiger partial charge in [0, 0.05) is 43.4 Å². The molecule has 0 unspecified atom stereocenters. The van der Waals surface area contributed by atoms with Crippen molar-refractivity contribution in [3.63, 3.8) is 0 Å². The van der Waals surface area contributed by atoms with E-state index in [9.17, 15) is 9.59 Å². The first-order valence-corrected chi connectivity index (χ1v) is 8.28. The maximum absolute atomic E-state index is 12.4. The van der Waals surface area contributed by atoms with E-state index in [-0.39, 0.29) is 11.8 Å². The molecule has 0 bridgehead atoms. The maximum Gasteiger partial charge on any atom is 0.257 e. The molecule has 1 aromatic carbocycles. The topological polar surface area (TPSA) is 80.1 Å². The number of nitrogens with one attached hydrogen (secondary N) is 1. The second kappa shape index (κ2) is 6.44. The normalized spacial score (nSPS) is 12.7. The summed E-state index contributed by atoms with van der Waals surface area (Å²) in [5.74, 6) is 0.501. The minimum absolute atomic E-state index is 0.0320. The summed E-state index contributed by atoms with van der Waals surface area (Å²) >= 11 is 0. The van der Waals surface area contributed by atoms with Crippen LogP contribution in [0.3, 0.4) is 0 Å². The van der Waals surface area contributed by atoms with Gasteiger partial charge in [-0.1, -0.05) is 0 Å². The number of nitrogens with zero attached hydrogens (tertiary/aromatic N) is 4. The molecule has 0 radical (unpaired) electrons. The van der Waals surface area contributed by atoms with Crippen molar-refractivity contribution in [1.29, 1.82) is 0 Å². The quantitative estimate of drug-likeness (QED) is 0.789. The van der Waals surface area contributed by atoms with Gasteiger partial charge in [0.05, 0.1) is 5.56 Å². The van der Waals surface area contributed by atoms with Gasteiger partial charge >= 0.3 is 0 Å². The predicted octanol–water partition coefficient (Wildman–Crippen LogP) is 2.43. The Balaban J connectivity index is 1.49. The summed E-state index contributed by atoms with van der Waals surface area (Å²) in [6, 6.07) is 9.10. The van der Waals surface area contributed by atoms with Crippen LogP contribution in [0.4, 0.5) is 11.4 Å². The summed E-state index contributed by atoms with van der Waals surface area (Å²) in [6.45, 7) is 2.24. The van der Waals surface area contributed by atoms with Gasteiger partial charge in [-0.15, -0.1) is 0 Å². The largest absolute Gasteiger partial charge is 0.322 e. The summed E-state index contributed by atoms with van der Waals surface area (Å²) in [5, 5.41) is 2.88. The monoisotopic (exact) mass is 347 g/mol. The van der Waals surface area contributed by atoms with Crippen LogP contribution in [-0.4, -0.2) is 32.9 Å². The number of rotatable bonds is 3. The van der Waals surface area contributed by atoms with Gasteiger partial charge in [-0.3, -0.25) is 14.2 Å². The zero-order valence-corrected chi connectivity index (χ0v) is 14.2. The summed E-state index contributed by atoms with van der Waals surface area (Å²) in [4.78, 5) is 34.1. The highest BCUT2D eigenvalue weighted by molar-refractivity contribution is 6.04. The smallest absolute Gasteiger partial charge is 0.257 e. The Labute approximate surface area is 150 Å². The van der Waals surface area contributed by atoms with Crippen LogP contribution in [0.5, 0.6) is 0 Å². The molecule has 0 aliphatic carbocycles. The summed E-state index contributed by atoms with van der Waals surface area (Å²) in [5.41, 5.74) is 3.16. The fourth-order valence-electron chi connectivity index (χ4n) is 3.08. The molecular formula is C19H17N5O2. The number of carbonyl (C=O) groups is 2. The molecule has 3 aromatic rings. The average Bonchev–Trinajstić information content (AvgIpc) is 3.31. The maximum atomic E-state index is 12.4. The van der Waals surface area contributed by atoms with Crippen LogP contribution in [0.25, 0.3) is 5.82 Å². The van der Waals surface area contributed by atoms with Crippen LogP contribution in [0.1, 0.15) is 22.8 Å². The first-order chi connectivity index (χ1) is 12.6. The van der Waals surface area contributed by atoms with Gasteiger partial charge in [0.1, 0.15) is 12.1 Å². The molecule has 7 heteroatoms. The third-order valence-electron chi connectivity index (χ3n) is 4.39. The van der Waals surface area contributed by atoms with Crippen molar-refractivity contribution in [1.82, 2.24) is 14.5 Å². The second-order valence-corrected chi connectivity index (χ2v) is 6.09. The fourth-order valence-corrected chi connectivity index (χ4v) is 3.08. The summed E-state index contributed by atoms with van der Waals surface area (Å²) in [6.07, 6.45) is 7.44. The lowest BCUT2D eigenvalue weighted by Crippen LogP contribution is -2.25. The van der Waals surface area contributed by atoms with Crippen molar-refractivity contribution in [2.45, 2.75) is 13.3 Å². The Morgan fingerprint density at radius 2 is 2.08 bits per heavy atom. The van der Waals surface area contributed by atoms with Crippen molar-refractivity contribution in [2.75, 3.05) is 16.8 Å². The van der Waals surface area contributed by atoms with E-state index in [1.807, 2.05) is 18.2 Å². The van der Waals surface area contributed by atoms with E-state index in [2.05, 4.69) is 15.3 Å². The summed E-state index contributed by atoms with van der Waals surface area (Å²) in [7, 11) is 0. The number of hydrogen-bond donors (Lipinski definition) is 1. The minimum Gasteiger partial charge on any atom is -0.322 e. The molecule has 0 spiro atoms. The number of pyridine rings is 1. The van der Waals surface area contributed by atoms with Crippen LogP contribution >= 0.6 is 0 Å². The number of fused-ring (bicyclic) bond motifs is 1. The van der Waals surface area contributed by atoms with Crippen LogP contribution < -0.4 is 10.2 Å². The number of aromatic nitrogens is 3. The van der Waals surface area contributed by atoms with Gasteiger partial charge < -0.3 is 10.2 Å². The number of imidazole rings is 1. The van der Waals surface area contributed by atoms with Gasteiger partial charge in [-0.2, -0.15) is 0 Å². The molecule has 2 amide bonds. The lowest BCUT2D eigenvalue weighted by atomic mass is 10.1. The van der Waals surface area contributed by atoms with Gasteiger partial charge in [0.2, 0.25) is 5.91 Å². The lowest BCUT2D eigenvalue weighted by molar-refractivity contribution is -0.116. The van der Waals surface area contributed by atoms with E-state index < -0.39 is 0 Å². The van der Waals surface area contributed by atoms with E-state index in [1.165, 1.54) is 6.20 Å². The molecule has 130 valence electrons. The van der Waals surface area contributed by atoms with Gasteiger partial charge in [-0.25, -0.2) is 9.97 Å².